The fraction of sp³-hybridized carbons (Fsp3) is 0.500. The molecule has 0 saturated carbocycles. The summed E-state index contributed by atoms with van der Waals surface area (Å²) in [6, 6.07) is 9.45. The summed E-state index contributed by atoms with van der Waals surface area (Å²) in [4.78, 5) is 12.6. The maximum atomic E-state index is 11.5. The van der Waals surface area contributed by atoms with Crippen molar-refractivity contribution in [2.45, 2.75) is 19.8 Å². The second kappa shape index (κ2) is 7.89. The van der Waals surface area contributed by atoms with Crippen LogP contribution >= 0.6 is 0 Å². The van der Waals surface area contributed by atoms with Crippen LogP contribution in [0.25, 0.3) is 0 Å². The lowest BCUT2D eigenvalue weighted by atomic mass is 10.2. The number of hydrogen-bond donors (Lipinski definition) is 1. The van der Waals surface area contributed by atoms with Crippen molar-refractivity contribution in [3.8, 4) is 0 Å². The molecule has 112 valence electrons. The number of carbonyl (C=O) groups is 1. The number of benzene rings is 1. The SMILES string of the molecule is CCS(=O)(=O)CCCN(CCC(=O)O)c1ccccc1. The van der Waals surface area contributed by atoms with E-state index in [2.05, 4.69) is 0 Å². The number of hydrogen-bond acceptors (Lipinski definition) is 4. The zero-order valence-electron chi connectivity index (χ0n) is 11.7. The van der Waals surface area contributed by atoms with Gasteiger partial charge in [-0.25, -0.2) is 8.42 Å². The molecule has 1 rings (SSSR count). The third kappa shape index (κ3) is 6.06. The van der Waals surface area contributed by atoms with E-state index in [0.717, 1.165) is 5.69 Å². The average Bonchev–Trinajstić information content (AvgIpc) is 2.43. The summed E-state index contributed by atoms with van der Waals surface area (Å²) < 4.78 is 22.9. The summed E-state index contributed by atoms with van der Waals surface area (Å²) in [5.41, 5.74) is 0.919. The van der Waals surface area contributed by atoms with Crippen molar-refractivity contribution in [3.63, 3.8) is 0 Å². The maximum absolute atomic E-state index is 11.5. The quantitative estimate of drug-likeness (QED) is 0.752. The summed E-state index contributed by atoms with van der Waals surface area (Å²) in [5, 5.41) is 8.78. The molecular formula is C14H21NO4S. The van der Waals surface area contributed by atoms with Crippen LogP contribution in [-0.2, 0) is 14.6 Å². The minimum atomic E-state index is -2.97. The van der Waals surface area contributed by atoms with Gasteiger partial charge in [-0.05, 0) is 18.6 Å². The van der Waals surface area contributed by atoms with Gasteiger partial charge in [0.15, 0.2) is 0 Å². The number of sulfone groups is 1. The van der Waals surface area contributed by atoms with Crippen molar-refractivity contribution in [2.75, 3.05) is 29.5 Å². The summed E-state index contributed by atoms with van der Waals surface area (Å²) in [6.07, 6.45) is 0.542. The second-order valence-electron chi connectivity index (χ2n) is 4.56. The Bertz CT molecular complexity index is 513. The highest BCUT2D eigenvalue weighted by Gasteiger charge is 2.11. The van der Waals surface area contributed by atoms with Crippen molar-refractivity contribution in [2.24, 2.45) is 0 Å². The summed E-state index contributed by atoms with van der Waals surface area (Å²) >= 11 is 0. The first-order chi connectivity index (χ1) is 9.44. The van der Waals surface area contributed by atoms with Crippen molar-refractivity contribution in [3.05, 3.63) is 30.3 Å². The van der Waals surface area contributed by atoms with Gasteiger partial charge >= 0.3 is 5.97 Å². The minimum Gasteiger partial charge on any atom is -0.481 e. The van der Waals surface area contributed by atoms with Crippen LogP contribution in [0.2, 0.25) is 0 Å². The van der Waals surface area contributed by atoms with Crippen molar-refractivity contribution in [1.82, 2.24) is 0 Å². The second-order valence-corrected chi connectivity index (χ2v) is 7.03. The standard InChI is InChI=1S/C14H21NO4S/c1-2-20(18,19)12-6-10-15(11-9-14(16)17)13-7-4-3-5-8-13/h3-5,7-8H,2,6,9-12H2,1H3,(H,16,17). The Kier molecular flexibility index (Phi) is 6.51. The van der Waals surface area contributed by atoms with Crippen molar-refractivity contribution in [1.29, 1.82) is 0 Å². The maximum Gasteiger partial charge on any atom is 0.305 e. The Morgan fingerprint density at radius 2 is 1.85 bits per heavy atom. The van der Waals surface area contributed by atoms with Crippen LogP contribution in [0.5, 0.6) is 0 Å². The lowest BCUT2D eigenvalue weighted by Gasteiger charge is -2.24. The van der Waals surface area contributed by atoms with E-state index < -0.39 is 15.8 Å². The van der Waals surface area contributed by atoms with Gasteiger partial charge in [-0.15, -0.1) is 0 Å². The Balaban J connectivity index is 2.62. The molecule has 0 radical (unpaired) electrons. The average molecular weight is 299 g/mol. The van der Waals surface area contributed by atoms with Gasteiger partial charge in [0.2, 0.25) is 0 Å². The lowest BCUT2D eigenvalue weighted by molar-refractivity contribution is -0.136. The molecule has 0 bridgehead atoms. The van der Waals surface area contributed by atoms with Crippen LogP contribution in [0.1, 0.15) is 19.8 Å². The number of para-hydroxylation sites is 1. The molecule has 6 heteroatoms. The fourth-order valence-corrected chi connectivity index (χ4v) is 2.72. The van der Waals surface area contributed by atoms with Crippen LogP contribution in [0.15, 0.2) is 30.3 Å². The number of rotatable bonds is 9. The molecule has 1 aromatic carbocycles. The predicted octanol–water partition coefficient (Wildman–Crippen LogP) is 1.79. The number of nitrogens with zero attached hydrogens (tertiary/aromatic N) is 1. The van der Waals surface area contributed by atoms with Crippen LogP contribution in [-0.4, -0.2) is 44.1 Å². The Morgan fingerprint density at radius 3 is 2.40 bits per heavy atom. The van der Waals surface area contributed by atoms with Crippen molar-refractivity contribution >= 4 is 21.5 Å². The van der Waals surface area contributed by atoms with E-state index in [1.54, 1.807) is 6.92 Å². The highest BCUT2D eigenvalue weighted by atomic mass is 32.2. The van der Waals surface area contributed by atoms with Gasteiger partial charge in [-0.1, -0.05) is 25.1 Å². The molecule has 1 aromatic rings. The van der Waals surface area contributed by atoms with E-state index in [9.17, 15) is 13.2 Å². The largest absolute Gasteiger partial charge is 0.481 e. The molecule has 0 fully saturated rings. The van der Waals surface area contributed by atoms with Gasteiger partial charge < -0.3 is 10.0 Å². The molecule has 0 aliphatic carbocycles. The molecule has 0 aliphatic heterocycles. The third-order valence-electron chi connectivity index (χ3n) is 3.04. The van der Waals surface area contributed by atoms with Gasteiger partial charge in [0.25, 0.3) is 0 Å². The highest BCUT2D eigenvalue weighted by molar-refractivity contribution is 7.91. The topological polar surface area (TPSA) is 74.7 Å². The zero-order chi connectivity index (χ0) is 15.0. The normalized spacial score (nSPS) is 11.2. The first-order valence-electron chi connectivity index (χ1n) is 6.67. The number of aliphatic carboxylic acids is 1. The molecular weight excluding hydrogens is 278 g/mol. The van der Waals surface area contributed by atoms with Gasteiger partial charge in [0, 0.05) is 24.5 Å². The van der Waals surface area contributed by atoms with E-state index in [-0.39, 0.29) is 17.9 Å². The smallest absolute Gasteiger partial charge is 0.305 e. The summed E-state index contributed by atoms with van der Waals surface area (Å²) in [6.45, 7) is 2.55. The fourth-order valence-electron chi connectivity index (χ4n) is 1.86. The predicted molar refractivity (Wildman–Crippen MR) is 79.9 cm³/mol. The molecule has 0 heterocycles. The third-order valence-corrected chi connectivity index (χ3v) is 4.83. The number of anilines is 1. The van der Waals surface area contributed by atoms with Gasteiger partial charge in [-0.3, -0.25) is 4.79 Å². The molecule has 0 saturated heterocycles. The molecule has 0 aliphatic rings. The molecule has 0 amide bonds. The molecule has 0 spiro atoms. The first-order valence-corrected chi connectivity index (χ1v) is 8.49. The van der Waals surface area contributed by atoms with E-state index in [4.69, 9.17) is 5.11 Å². The lowest BCUT2D eigenvalue weighted by Crippen LogP contribution is -2.28. The molecule has 1 N–H and O–H groups in total. The summed E-state index contributed by atoms with van der Waals surface area (Å²) in [7, 11) is -2.97. The Labute approximate surface area is 120 Å². The van der Waals surface area contributed by atoms with Gasteiger partial charge in [-0.2, -0.15) is 0 Å². The van der Waals surface area contributed by atoms with Crippen LogP contribution < -0.4 is 4.90 Å². The minimum absolute atomic E-state index is 0.0371. The number of carboxylic acid groups (broad SMARTS) is 1. The molecule has 0 aromatic heterocycles. The van der Waals surface area contributed by atoms with E-state index >= 15 is 0 Å². The van der Waals surface area contributed by atoms with Crippen LogP contribution in [0, 0.1) is 0 Å². The van der Waals surface area contributed by atoms with Gasteiger partial charge in [0.1, 0.15) is 9.84 Å². The molecule has 20 heavy (non-hydrogen) atoms. The Morgan fingerprint density at radius 1 is 1.20 bits per heavy atom. The first kappa shape index (κ1) is 16.5. The van der Waals surface area contributed by atoms with Crippen molar-refractivity contribution < 1.29 is 18.3 Å². The Hall–Kier alpha value is -1.56. The monoisotopic (exact) mass is 299 g/mol. The van der Waals surface area contributed by atoms with E-state index in [1.807, 2.05) is 35.2 Å². The molecule has 0 atom stereocenters. The number of carboxylic acids is 1. The van der Waals surface area contributed by atoms with Gasteiger partial charge in [0.05, 0.1) is 12.2 Å². The zero-order valence-corrected chi connectivity index (χ0v) is 12.5. The van der Waals surface area contributed by atoms with Crippen LogP contribution in [0.3, 0.4) is 0 Å². The summed E-state index contributed by atoms with van der Waals surface area (Å²) in [5.74, 6) is -0.569. The molecule has 0 unspecified atom stereocenters. The van der Waals surface area contributed by atoms with E-state index in [0.29, 0.717) is 19.5 Å². The van der Waals surface area contributed by atoms with Crippen LogP contribution in [0.4, 0.5) is 5.69 Å². The highest BCUT2D eigenvalue weighted by Crippen LogP contribution is 2.14. The van der Waals surface area contributed by atoms with E-state index in [1.165, 1.54) is 0 Å². The molecule has 5 nitrogen and oxygen atoms in total.